The largest absolute Gasteiger partial charge is 0.487 e. The van der Waals surface area contributed by atoms with E-state index >= 15 is 0 Å². The smallest absolute Gasteiger partial charge is 0.296 e. The second-order valence-electron chi connectivity index (χ2n) is 6.58. The Labute approximate surface area is 143 Å². The van der Waals surface area contributed by atoms with Crippen molar-refractivity contribution in [3.05, 3.63) is 28.8 Å². The van der Waals surface area contributed by atoms with Crippen LogP contribution in [0.5, 0.6) is 11.5 Å². The number of benzene rings is 1. The predicted molar refractivity (Wildman–Crippen MR) is 89.6 cm³/mol. The third kappa shape index (κ3) is 3.58. The number of fused-ring (bicyclic) bond motifs is 1. The summed E-state index contributed by atoms with van der Waals surface area (Å²) in [6, 6.07) is 3.21. The van der Waals surface area contributed by atoms with Gasteiger partial charge in [-0.2, -0.15) is 0 Å². The number of hydrogen-bond donors (Lipinski definition) is 1. The van der Waals surface area contributed by atoms with Gasteiger partial charge in [-0.15, -0.1) is 0 Å². The first-order valence-electron chi connectivity index (χ1n) is 8.18. The maximum Gasteiger partial charge on any atom is 0.296 e. The molecule has 1 aliphatic rings. The number of alkyl halides is 2. The Balaban J connectivity index is 2.08. The molecular weight excluding hydrogens is 332 g/mol. The molecule has 0 aliphatic carbocycles. The summed E-state index contributed by atoms with van der Waals surface area (Å²) in [4.78, 5) is 20.4. The molecule has 6 nitrogen and oxygen atoms in total. The molecular formula is C17H21F2N3O3. The predicted octanol–water partition coefficient (Wildman–Crippen LogP) is 2.43. The quantitative estimate of drug-likeness (QED) is 0.914. The van der Waals surface area contributed by atoms with Gasteiger partial charge in [0.2, 0.25) is 0 Å². The highest BCUT2D eigenvalue weighted by molar-refractivity contribution is 5.86. The molecule has 8 heteroatoms. The van der Waals surface area contributed by atoms with Crippen LogP contribution in [0.4, 0.5) is 8.78 Å². The Morgan fingerprint density at radius 1 is 1.40 bits per heavy atom. The summed E-state index contributed by atoms with van der Waals surface area (Å²) in [5.41, 5.74) is -0.0865. The Morgan fingerprint density at radius 3 is 2.84 bits per heavy atom. The molecule has 0 bridgehead atoms. The Morgan fingerprint density at radius 2 is 2.16 bits per heavy atom. The Hall–Kier alpha value is -2.22. The van der Waals surface area contributed by atoms with Crippen LogP contribution in [0.25, 0.3) is 10.9 Å². The van der Waals surface area contributed by atoms with Crippen molar-refractivity contribution < 1.29 is 18.3 Å². The lowest BCUT2D eigenvalue weighted by molar-refractivity contribution is -0.135. The number of aromatic nitrogens is 2. The first kappa shape index (κ1) is 17.6. The molecule has 1 aliphatic heterocycles. The molecule has 3 rings (SSSR count). The number of piperidine rings is 1. The van der Waals surface area contributed by atoms with Gasteiger partial charge in [-0.1, -0.05) is 0 Å². The molecule has 0 amide bonds. The summed E-state index contributed by atoms with van der Waals surface area (Å²) < 4.78 is 40.1. The Bertz CT molecular complexity index is 822. The summed E-state index contributed by atoms with van der Waals surface area (Å²) in [7, 11) is 1.64. The van der Waals surface area contributed by atoms with Crippen molar-refractivity contribution in [1.82, 2.24) is 14.9 Å². The van der Waals surface area contributed by atoms with Crippen molar-refractivity contribution in [3.8, 4) is 11.5 Å². The van der Waals surface area contributed by atoms with Crippen molar-refractivity contribution in [2.45, 2.75) is 38.4 Å². The minimum Gasteiger partial charge on any atom is -0.487 e. The number of nitrogens with one attached hydrogen (secondary N) is 1. The van der Waals surface area contributed by atoms with Crippen molar-refractivity contribution in [2.75, 3.05) is 20.1 Å². The molecule has 1 aromatic heterocycles. The van der Waals surface area contributed by atoms with Gasteiger partial charge in [0.1, 0.15) is 5.39 Å². The maximum absolute atomic E-state index is 14.4. The second-order valence-corrected chi connectivity index (χ2v) is 6.58. The van der Waals surface area contributed by atoms with Gasteiger partial charge in [0, 0.05) is 13.0 Å². The standard InChI is InChI=1S/C17H21F2N3O3/c1-10(2)24-12-5-4-11-14(16(23)21-9-20-11)15(12)25-13-6-7-22(3)8-17(13,18)19/h4-5,9-10,13H,6-8H2,1-3H3,(H,20,21,23). The van der Waals surface area contributed by atoms with E-state index in [-0.39, 0.29) is 29.4 Å². The molecule has 0 saturated carbocycles. The van der Waals surface area contributed by atoms with Crippen LogP contribution in [-0.4, -0.2) is 53.1 Å². The van der Waals surface area contributed by atoms with E-state index in [9.17, 15) is 13.6 Å². The number of hydrogen-bond acceptors (Lipinski definition) is 5. The molecule has 1 N–H and O–H groups in total. The fraction of sp³-hybridized carbons (Fsp3) is 0.529. The molecule has 0 spiro atoms. The van der Waals surface area contributed by atoms with Gasteiger partial charge >= 0.3 is 0 Å². The molecule has 0 radical (unpaired) electrons. The van der Waals surface area contributed by atoms with Gasteiger partial charge in [0.05, 0.1) is 24.5 Å². The lowest BCUT2D eigenvalue weighted by Gasteiger charge is -2.36. The zero-order chi connectivity index (χ0) is 18.2. The van der Waals surface area contributed by atoms with Crippen molar-refractivity contribution >= 4 is 10.9 Å². The van der Waals surface area contributed by atoms with Crippen molar-refractivity contribution in [2.24, 2.45) is 0 Å². The zero-order valence-corrected chi connectivity index (χ0v) is 14.4. The lowest BCUT2D eigenvalue weighted by atomic mass is 10.0. The second kappa shape index (κ2) is 6.59. The van der Waals surface area contributed by atoms with Gasteiger partial charge in [0.25, 0.3) is 11.5 Å². The van der Waals surface area contributed by atoms with Crippen LogP contribution in [-0.2, 0) is 0 Å². The SMILES string of the molecule is CC(C)Oc1ccc2nc[nH]c(=O)c2c1OC1CCN(C)CC1(F)F. The van der Waals surface area contributed by atoms with Gasteiger partial charge in [0.15, 0.2) is 17.6 Å². The van der Waals surface area contributed by atoms with Gasteiger partial charge in [-0.05, 0) is 33.0 Å². The van der Waals surface area contributed by atoms with E-state index in [1.807, 2.05) is 13.8 Å². The molecule has 2 heterocycles. The Kier molecular flexibility index (Phi) is 4.64. The van der Waals surface area contributed by atoms with E-state index in [0.29, 0.717) is 12.1 Å². The highest BCUT2D eigenvalue weighted by Gasteiger charge is 2.46. The van der Waals surface area contributed by atoms with Crippen molar-refractivity contribution in [3.63, 3.8) is 0 Å². The average molecular weight is 353 g/mol. The average Bonchev–Trinajstić information content (AvgIpc) is 2.51. The minimum absolute atomic E-state index is 0.0229. The van der Waals surface area contributed by atoms with Crippen LogP contribution in [0.2, 0.25) is 0 Å². The third-order valence-corrected chi connectivity index (χ3v) is 4.07. The highest BCUT2D eigenvalue weighted by atomic mass is 19.3. The number of likely N-dealkylation sites (tertiary alicyclic amines) is 1. The fourth-order valence-electron chi connectivity index (χ4n) is 2.95. The van der Waals surface area contributed by atoms with Gasteiger partial charge < -0.3 is 19.4 Å². The van der Waals surface area contributed by atoms with Crippen LogP contribution in [0.1, 0.15) is 20.3 Å². The number of halogens is 2. The van der Waals surface area contributed by atoms with Crippen LogP contribution >= 0.6 is 0 Å². The molecule has 2 aromatic rings. The first-order valence-corrected chi connectivity index (χ1v) is 8.18. The highest BCUT2D eigenvalue weighted by Crippen LogP contribution is 2.38. The molecule has 136 valence electrons. The summed E-state index contributed by atoms with van der Waals surface area (Å²) in [6.07, 6.45) is -0.113. The normalized spacial score (nSPS) is 20.8. The summed E-state index contributed by atoms with van der Waals surface area (Å²) >= 11 is 0. The van der Waals surface area contributed by atoms with E-state index in [4.69, 9.17) is 9.47 Å². The molecule has 1 saturated heterocycles. The number of rotatable bonds is 4. The van der Waals surface area contributed by atoms with E-state index in [2.05, 4.69) is 9.97 Å². The van der Waals surface area contributed by atoms with Crippen LogP contribution in [0.3, 0.4) is 0 Å². The lowest BCUT2D eigenvalue weighted by Crippen LogP contribution is -2.52. The van der Waals surface area contributed by atoms with Crippen molar-refractivity contribution in [1.29, 1.82) is 0 Å². The monoisotopic (exact) mass is 353 g/mol. The minimum atomic E-state index is -3.03. The number of aromatic amines is 1. The number of H-pyrrole nitrogens is 1. The number of nitrogens with zero attached hydrogens (tertiary/aromatic N) is 2. The number of ether oxygens (including phenoxy) is 2. The van der Waals surface area contributed by atoms with Crippen LogP contribution in [0, 0.1) is 0 Å². The van der Waals surface area contributed by atoms with E-state index in [0.717, 1.165) is 0 Å². The maximum atomic E-state index is 14.4. The summed E-state index contributed by atoms with van der Waals surface area (Å²) in [5, 5.41) is 0.121. The molecule has 1 atom stereocenters. The van der Waals surface area contributed by atoms with E-state index in [1.54, 1.807) is 24.1 Å². The molecule has 1 unspecified atom stereocenters. The third-order valence-electron chi connectivity index (χ3n) is 4.07. The fourth-order valence-corrected chi connectivity index (χ4v) is 2.95. The molecule has 1 fully saturated rings. The first-order chi connectivity index (χ1) is 11.8. The van der Waals surface area contributed by atoms with Gasteiger partial charge in [-0.3, -0.25) is 4.79 Å². The molecule has 1 aromatic carbocycles. The van der Waals surface area contributed by atoms with Crippen LogP contribution in [0.15, 0.2) is 23.3 Å². The van der Waals surface area contributed by atoms with Gasteiger partial charge in [-0.25, -0.2) is 13.8 Å². The summed E-state index contributed by atoms with van der Waals surface area (Å²) in [5.74, 6) is -2.75. The zero-order valence-electron chi connectivity index (χ0n) is 14.4. The summed E-state index contributed by atoms with van der Waals surface area (Å²) in [6.45, 7) is 3.72. The van der Waals surface area contributed by atoms with Crippen LogP contribution < -0.4 is 15.0 Å². The van der Waals surface area contributed by atoms with E-state index < -0.39 is 24.1 Å². The van der Waals surface area contributed by atoms with E-state index in [1.165, 1.54) is 6.33 Å². The molecule has 25 heavy (non-hydrogen) atoms. The topological polar surface area (TPSA) is 67.4 Å².